The molecule has 4 aromatic rings. The molecule has 3 heterocycles. The van der Waals surface area contributed by atoms with Crippen molar-refractivity contribution < 1.29 is 40.2 Å². The third kappa shape index (κ3) is 7.33. The lowest BCUT2D eigenvalue weighted by Crippen LogP contribution is -2.30. The van der Waals surface area contributed by atoms with Gasteiger partial charge in [-0.3, -0.25) is 9.59 Å². The summed E-state index contributed by atoms with van der Waals surface area (Å²) < 4.78 is 108. The molecule has 0 bridgehead atoms. The highest BCUT2D eigenvalue weighted by Crippen LogP contribution is 2.32. The van der Waals surface area contributed by atoms with Crippen LogP contribution in [0.1, 0.15) is 24.5 Å². The second-order valence-electron chi connectivity index (χ2n) is 9.73. The number of nitrogens with one attached hydrogen (secondary N) is 2. The highest BCUT2D eigenvalue weighted by molar-refractivity contribution is 5.86. The van der Waals surface area contributed by atoms with Gasteiger partial charge in [0.2, 0.25) is 0 Å². The summed E-state index contributed by atoms with van der Waals surface area (Å²) in [6.07, 6.45) is -11.4. The van der Waals surface area contributed by atoms with Crippen LogP contribution in [0.25, 0.3) is 22.2 Å². The number of anilines is 1. The summed E-state index contributed by atoms with van der Waals surface area (Å²) in [6, 6.07) is 2.59. The number of H-pyrrole nitrogens is 1. The first-order valence-corrected chi connectivity index (χ1v) is 12.5. The maximum Gasteiger partial charge on any atom is 0.423 e. The first kappa shape index (κ1) is 31.5. The number of nitrogens with zero attached hydrogens (tertiary/aromatic N) is 4. The lowest BCUT2D eigenvalue weighted by atomic mass is 10.1. The van der Waals surface area contributed by atoms with Crippen molar-refractivity contribution in [2.45, 2.75) is 57.0 Å². The highest BCUT2D eigenvalue weighted by atomic mass is 19.4. The molecule has 43 heavy (non-hydrogen) atoms. The Morgan fingerprint density at radius 1 is 1.07 bits per heavy atom. The van der Waals surface area contributed by atoms with Gasteiger partial charge in [-0.25, -0.2) is 23.8 Å². The summed E-state index contributed by atoms with van der Waals surface area (Å²) in [5.74, 6) is -1.13. The minimum atomic E-state index is -4.99. The molecule has 3 aromatic heterocycles. The monoisotopic (exact) mass is 618 g/mol. The summed E-state index contributed by atoms with van der Waals surface area (Å²) in [6.45, 7) is 0.860. The number of aliphatic hydroxyl groups is 1. The molecule has 4 rings (SSSR count). The number of aliphatic hydroxyl groups excluding tert-OH is 1. The number of aromatic nitrogens is 5. The Hall–Kier alpha value is -4.41. The predicted octanol–water partition coefficient (Wildman–Crippen LogP) is 4.39. The highest BCUT2D eigenvalue weighted by Gasteiger charge is 2.38. The van der Waals surface area contributed by atoms with Crippen molar-refractivity contribution in [2.24, 2.45) is 0 Å². The van der Waals surface area contributed by atoms with Gasteiger partial charge < -0.3 is 15.0 Å². The molecule has 0 saturated carbocycles. The summed E-state index contributed by atoms with van der Waals surface area (Å²) >= 11 is 0. The number of benzene rings is 1. The minimum Gasteiger partial charge on any atom is -0.383 e. The molecule has 0 aliphatic heterocycles. The van der Waals surface area contributed by atoms with Gasteiger partial charge >= 0.3 is 12.4 Å². The van der Waals surface area contributed by atoms with E-state index in [-0.39, 0.29) is 34.1 Å². The van der Waals surface area contributed by atoms with E-state index in [1.807, 2.05) is 0 Å². The van der Waals surface area contributed by atoms with Crippen LogP contribution in [0, 0.1) is 5.82 Å². The standard InChI is InChI=1S/C26H22F8N6O3/c1-12(38-19-10-37-39-23(42)21(19)26(32,33)34)4-15(27)11-40-3-2-14-6-17(18(28)7-16(14)24(40)43)22-35-8-13(9-36-22)5-20(41)25(29,30)31/h2-3,6-10,12,15,20,41H,4-5,11H2,1H3,(H2,38,39,42)/t12-,15-,20+/m0/s1. The van der Waals surface area contributed by atoms with Gasteiger partial charge in [0.05, 0.1) is 29.4 Å². The molecule has 0 fully saturated rings. The first-order valence-electron chi connectivity index (χ1n) is 12.5. The van der Waals surface area contributed by atoms with Gasteiger partial charge in [0, 0.05) is 37.5 Å². The van der Waals surface area contributed by atoms with E-state index in [4.69, 9.17) is 0 Å². The fourth-order valence-electron chi connectivity index (χ4n) is 4.34. The minimum absolute atomic E-state index is 0.0437. The summed E-state index contributed by atoms with van der Waals surface area (Å²) in [4.78, 5) is 32.3. The maximum absolute atomic E-state index is 15.0. The van der Waals surface area contributed by atoms with E-state index in [1.54, 1.807) is 5.10 Å². The Morgan fingerprint density at radius 2 is 1.74 bits per heavy atom. The van der Waals surface area contributed by atoms with Gasteiger partial charge in [-0.15, -0.1) is 0 Å². The number of halogens is 8. The summed E-state index contributed by atoms with van der Waals surface area (Å²) in [7, 11) is 0. The quantitative estimate of drug-likeness (QED) is 0.238. The zero-order valence-corrected chi connectivity index (χ0v) is 22.0. The number of fused-ring (bicyclic) bond motifs is 1. The van der Waals surface area contributed by atoms with Crippen LogP contribution in [0.5, 0.6) is 0 Å². The number of hydrogen-bond acceptors (Lipinski definition) is 7. The molecule has 17 heteroatoms. The van der Waals surface area contributed by atoms with Gasteiger partial charge in [-0.2, -0.15) is 31.4 Å². The van der Waals surface area contributed by atoms with E-state index in [2.05, 4.69) is 20.4 Å². The Balaban J connectivity index is 1.48. The van der Waals surface area contributed by atoms with Crippen LogP contribution in [-0.4, -0.2) is 54.3 Å². The summed E-state index contributed by atoms with van der Waals surface area (Å²) in [5, 5.41) is 16.7. The average molecular weight is 618 g/mol. The van der Waals surface area contributed by atoms with E-state index in [0.29, 0.717) is 0 Å². The van der Waals surface area contributed by atoms with Gasteiger partial charge in [0.15, 0.2) is 11.9 Å². The fraction of sp³-hybridized carbons (Fsp3) is 0.346. The molecule has 0 amide bonds. The van der Waals surface area contributed by atoms with Crippen molar-refractivity contribution in [3.63, 3.8) is 0 Å². The Morgan fingerprint density at radius 3 is 2.37 bits per heavy atom. The molecule has 1 aromatic carbocycles. The van der Waals surface area contributed by atoms with Crippen LogP contribution >= 0.6 is 0 Å². The van der Waals surface area contributed by atoms with Gasteiger partial charge in [0.25, 0.3) is 11.1 Å². The number of pyridine rings is 1. The van der Waals surface area contributed by atoms with Crippen LogP contribution in [0.3, 0.4) is 0 Å². The fourth-order valence-corrected chi connectivity index (χ4v) is 4.34. The summed E-state index contributed by atoms with van der Waals surface area (Å²) in [5.41, 5.74) is -4.59. The van der Waals surface area contributed by atoms with E-state index in [1.165, 1.54) is 25.3 Å². The molecule has 0 saturated heterocycles. The Bertz CT molecular complexity index is 1720. The first-order chi connectivity index (χ1) is 20.0. The Kier molecular flexibility index (Phi) is 8.84. The number of hydrogen-bond donors (Lipinski definition) is 3. The average Bonchev–Trinajstić information content (AvgIpc) is 2.89. The molecule has 0 unspecified atom stereocenters. The largest absolute Gasteiger partial charge is 0.423 e. The molecule has 0 aliphatic carbocycles. The molecule has 3 atom stereocenters. The molecule has 9 nitrogen and oxygen atoms in total. The normalized spacial score (nSPS) is 14.5. The molecule has 0 radical (unpaired) electrons. The third-order valence-electron chi connectivity index (χ3n) is 6.36. The van der Waals surface area contributed by atoms with E-state index in [0.717, 1.165) is 29.2 Å². The lowest BCUT2D eigenvalue weighted by Gasteiger charge is -2.20. The van der Waals surface area contributed by atoms with Crippen molar-refractivity contribution in [3.8, 4) is 11.4 Å². The van der Waals surface area contributed by atoms with E-state index >= 15 is 0 Å². The van der Waals surface area contributed by atoms with Gasteiger partial charge in [-0.05, 0) is 36.1 Å². The second-order valence-corrected chi connectivity index (χ2v) is 9.73. The predicted molar refractivity (Wildman–Crippen MR) is 137 cm³/mol. The lowest BCUT2D eigenvalue weighted by molar-refractivity contribution is -0.203. The second kappa shape index (κ2) is 12.1. The van der Waals surface area contributed by atoms with Crippen LogP contribution in [0.2, 0.25) is 0 Å². The molecule has 230 valence electrons. The van der Waals surface area contributed by atoms with E-state index < -0.39 is 71.8 Å². The molecule has 3 N–H and O–H groups in total. The number of alkyl halides is 7. The van der Waals surface area contributed by atoms with Crippen molar-refractivity contribution in [2.75, 3.05) is 5.32 Å². The third-order valence-corrected chi connectivity index (χ3v) is 6.36. The molecule has 0 aliphatic rings. The van der Waals surface area contributed by atoms with Gasteiger partial charge in [0.1, 0.15) is 17.6 Å². The van der Waals surface area contributed by atoms with Crippen molar-refractivity contribution in [3.05, 3.63) is 80.6 Å². The zero-order chi connectivity index (χ0) is 31.7. The molecular weight excluding hydrogens is 596 g/mol. The smallest absolute Gasteiger partial charge is 0.383 e. The topological polar surface area (TPSA) is 126 Å². The van der Waals surface area contributed by atoms with Crippen LogP contribution in [0.4, 0.5) is 40.8 Å². The number of rotatable bonds is 9. The number of aromatic amines is 1. The maximum atomic E-state index is 15.0. The molecular formula is C26H22F8N6O3. The molecule has 0 spiro atoms. The van der Waals surface area contributed by atoms with Gasteiger partial charge in [-0.1, -0.05) is 0 Å². The van der Waals surface area contributed by atoms with Crippen LogP contribution < -0.4 is 16.4 Å². The van der Waals surface area contributed by atoms with Crippen molar-refractivity contribution >= 4 is 16.5 Å². The zero-order valence-electron chi connectivity index (χ0n) is 22.0. The van der Waals surface area contributed by atoms with Crippen molar-refractivity contribution in [1.29, 1.82) is 0 Å². The van der Waals surface area contributed by atoms with Crippen LogP contribution in [0.15, 0.2) is 52.6 Å². The van der Waals surface area contributed by atoms with Crippen LogP contribution in [-0.2, 0) is 19.1 Å². The Labute approximate surface area is 236 Å². The van der Waals surface area contributed by atoms with E-state index in [9.17, 15) is 49.8 Å². The van der Waals surface area contributed by atoms with Crippen molar-refractivity contribution in [1.82, 2.24) is 24.7 Å². The SMILES string of the molecule is C[C@@H](C[C@H](F)Cn1ccc2cc(-c3ncc(C[C@@H](O)C(F)(F)F)cn3)c(F)cc2c1=O)Nc1cn[nH]c(=O)c1C(F)(F)F.